The molecule has 0 spiro atoms. The van der Waals surface area contributed by atoms with Gasteiger partial charge in [0.25, 0.3) is 0 Å². The van der Waals surface area contributed by atoms with Crippen molar-refractivity contribution < 1.29 is 9.53 Å². The molecule has 0 saturated carbocycles. The highest BCUT2D eigenvalue weighted by Gasteiger charge is 2.26. The van der Waals surface area contributed by atoms with Crippen LogP contribution in [0.15, 0.2) is 48.7 Å². The van der Waals surface area contributed by atoms with Crippen LogP contribution in [0.5, 0.6) is 5.75 Å². The van der Waals surface area contributed by atoms with Crippen molar-refractivity contribution in [2.24, 2.45) is 0 Å². The second-order valence-electron chi connectivity index (χ2n) is 7.19. The number of likely N-dealkylation sites (tertiary alicyclic amines) is 1. The molecule has 4 rings (SSSR count). The maximum Gasteiger partial charge on any atom is 0.234 e. The topological polar surface area (TPSA) is 71.8 Å². The summed E-state index contributed by atoms with van der Waals surface area (Å²) < 4.78 is 7.21. The van der Waals surface area contributed by atoms with Crippen LogP contribution in [0.4, 0.5) is 0 Å². The van der Waals surface area contributed by atoms with E-state index in [0.717, 1.165) is 48.7 Å². The molecule has 1 fully saturated rings. The van der Waals surface area contributed by atoms with Gasteiger partial charge in [0.15, 0.2) is 5.65 Å². The number of nitrogens with zero attached hydrogens (tertiary/aromatic N) is 4. The number of rotatable bonds is 6. The van der Waals surface area contributed by atoms with Gasteiger partial charge in [0.2, 0.25) is 5.91 Å². The molecule has 3 heterocycles. The van der Waals surface area contributed by atoms with Gasteiger partial charge in [-0.2, -0.15) is 0 Å². The summed E-state index contributed by atoms with van der Waals surface area (Å²) in [5.41, 5.74) is 1.92. The maximum atomic E-state index is 12.4. The zero-order valence-electron chi connectivity index (χ0n) is 16.0. The van der Waals surface area contributed by atoms with Gasteiger partial charge >= 0.3 is 0 Å². The molecule has 1 saturated heterocycles. The Hall–Kier alpha value is -2.93. The highest BCUT2D eigenvalue weighted by molar-refractivity contribution is 5.78. The molecule has 1 amide bonds. The van der Waals surface area contributed by atoms with Gasteiger partial charge in [-0.1, -0.05) is 18.2 Å². The minimum Gasteiger partial charge on any atom is -0.497 e. The molecular weight excluding hydrogens is 354 g/mol. The van der Waals surface area contributed by atoms with Crippen molar-refractivity contribution in [2.75, 3.05) is 26.7 Å². The fourth-order valence-electron chi connectivity index (χ4n) is 3.75. The van der Waals surface area contributed by atoms with E-state index in [1.165, 1.54) is 0 Å². The molecule has 0 radical (unpaired) electrons. The summed E-state index contributed by atoms with van der Waals surface area (Å²) in [6.07, 6.45) is 4.13. The van der Waals surface area contributed by atoms with E-state index < -0.39 is 0 Å². The van der Waals surface area contributed by atoms with Gasteiger partial charge in [0.1, 0.15) is 11.6 Å². The standard InChI is InChI=1S/C21H25N5O2/c1-28-18-9-7-16(8-10-18)13-22-20(27)15-25-11-4-5-17(14-25)21-24-23-19-6-2-3-12-26(19)21/h2-3,6-10,12,17H,4-5,11,13-15H2,1H3,(H,22,27)/t17-/m1/s1. The number of hydrogen-bond donors (Lipinski definition) is 1. The average molecular weight is 379 g/mol. The van der Waals surface area contributed by atoms with Crippen LogP contribution in [0, 0.1) is 0 Å². The number of aromatic nitrogens is 3. The number of pyridine rings is 1. The Kier molecular flexibility index (Phi) is 5.53. The lowest BCUT2D eigenvalue weighted by Crippen LogP contribution is -2.42. The number of nitrogens with one attached hydrogen (secondary N) is 1. The predicted octanol–water partition coefficient (Wildman–Crippen LogP) is 2.23. The van der Waals surface area contributed by atoms with Gasteiger partial charge < -0.3 is 10.1 Å². The third-order valence-corrected chi connectivity index (χ3v) is 5.23. The quantitative estimate of drug-likeness (QED) is 0.711. The lowest BCUT2D eigenvalue weighted by Gasteiger charge is -2.31. The number of benzene rings is 1. The molecule has 1 atom stereocenters. The van der Waals surface area contributed by atoms with E-state index in [4.69, 9.17) is 4.74 Å². The molecule has 7 heteroatoms. The van der Waals surface area contributed by atoms with Crippen molar-refractivity contribution in [3.8, 4) is 5.75 Å². The van der Waals surface area contributed by atoms with Gasteiger partial charge in [0.05, 0.1) is 13.7 Å². The minimum absolute atomic E-state index is 0.0440. The monoisotopic (exact) mass is 379 g/mol. The summed E-state index contributed by atoms with van der Waals surface area (Å²) in [6, 6.07) is 13.7. The smallest absolute Gasteiger partial charge is 0.234 e. The Bertz CT molecular complexity index is 937. The first kappa shape index (κ1) is 18.4. The normalized spacial score (nSPS) is 17.5. The first-order chi connectivity index (χ1) is 13.7. The number of fused-ring (bicyclic) bond motifs is 1. The van der Waals surface area contributed by atoms with Gasteiger partial charge in [-0.05, 0) is 49.2 Å². The fraction of sp³-hybridized carbons (Fsp3) is 0.381. The average Bonchev–Trinajstić information content (AvgIpc) is 3.17. The SMILES string of the molecule is COc1ccc(CNC(=O)CN2CCC[C@@H](c3nnc4ccccn34)C2)cc1. The molecule has 1 N–H and O–H groups in total. The first-order valence-electron chi connectivity index (χ1n) is 9.64. The number of piperidine rings is 1. The van der Waals surface area contributed by atoms with Crippen molar-refractivity contribution in [3.63, 3.8) is 0 Å². The van der Waals surface area contributed by atoms with E-state index in [-0.39, 0.29) is 5.91 Å². The Morgan fingerprint density at radius 3 is 2.89 bits per heavy atom. The molecule has 0 bridgehead atoms. The van der Waals surface area contributed by atoms with Gasteiger partial charge in [-0.15, -0.1) is 10.2 Å². The van der Waals surface area contributed by atoms with Crippen molar-refractivity contribution in [2.45, 2.75) is 25.3 Å². The molecule has 1 aliphatic rings. The predicted molar refractivity (Wildman–Crippen MR) is 106 cm³/mol. The Balaban J connectivity index is 1.32. The largest absolute Gasteiger partial charge is 0.497 e. The van der Waals surface area contributed by atoms with E-state index in [0.29, 0.717) is 19.0 Å². The van der Waals surface area contributed by atoms with Crippen LogP contribution in [0.25, 0.3) is 5.65 Å². The van der Waals surface area contributed by atoms with Crippen LogP contribution >= 0.6 is 0 Å². The number of carbonyl (C=O) groups is 1. The summed E-state index contributed by atoms with van der Waals surface area (Å²) in [4.78, 5) is 14.6. The molecular formula is C21H25N5O2. The molecule has 1 aromatic carbocycles. The van der Waals surface area contributed by atoms with Gasteiger partial charge in [-0.3, -0.25) is 14.1 Å². The molecule has 0 unspecified atom stereocenters. The number of amides is 1. The Morgan fingerprint density at radius 1 is 1.21 bits per heavy atom. The van der Waals surface area contributed by atoms with E-state index in [2.05, 4.69) is 24.8 Å². The maximum absolute atomic E-state index is 12.4. The van der Waals surface area contributed by atoms with Crippen molar-refractivity contribution in [1.29, 1.82) is 0 Å². The Labute approximate surface area is 164 Å². The molecule has 2 aromatic heterocycles. The van der Waals surface area contributed by atoms with Crippen LogP contribution < -0.4 is 10.1 Å². The number of methoxy groups -OCH3 is 1. The second-order valence-corrected chi connectivity index (χ2v) is 7.19. The van der Waals surface area contributed by atoms with Gasteiger partial charge in [0, 0.05) is 25.2 Å². The summed E-state index contributed by atoms with van der Waals surface area (Å²) >= 11 is 0. The van der Waals surface area contributed by atoms with E-state index in [1.807, 2.05) is 48.7 Å². The van der Waals surface area contributed by atoms with Crippen LogP contribution in [-0.2, 0) is 11.3 Å². The van der Waals surface area contributed by atoms with Crippen molar-refractivity contribution in [1.82, 2.24) is 24.8 Å². The van der Waals surface area contributed by atoms with E-state index >= 15 is 0 Å². The van der Waals surface area contributed by atoms with Crippen molar-refractivity contribution >= 4 is 11.6 Å². The van der Waals surface area contributed by atoms with E-state index in [1.54, 1.807) is 7.11 Å². The van der Waals surface area contributed by atoms with Crippen LogP contribution in [-0.4, -0.2) is 52.1 Å². The van der Waals surface area contributed by atoms with Crippen molar-refractivity contribution in [3.05, 3.63) is 60.0 Å². The highest BCUT2D eigenvalue weighted by atomic mass is 16.5. The summed E-state index contributed by atoms with van der Waals surface area (Å²) in [7, 11) is 1.64. The summed E-state index contributed by atoms with van der Waals surface area (Å²) in [5, 5.41) is 11.7. The van der Waals surface area contributed by atoms with E-state index in [9.17, 15) is 4.79 Å². The molecule has 7 nitrogen and oxygen atoms in total. The molecule has 28 heavy (non-hydrogen) atoms. The fourth-order valence-corrected chi connectivity index (χ4v) is 3.75. The minimum atomic E-state index is 0.0440. The molecule has 0 aliphatic carbocycles. The number of carbonyl (C=O) groups excluding carboxylic acids is 1. The van der Waals surface area contributed by atoms with Crippen LogP contribution in [0.3, 0.4) is 0 Å². The lowest BCUT2D eigenvalue weighted by atomic mass is 9.97. The molecule has 1 aliphatic heterocycles. The third kappa shape index (κ3) is 4.14. The zero-order chi connectivity index (χ0) is 19.3. The second kappa shape index (κ2) is 8.39. The van der Waals surface area contributed by atoms with Crippen LogP contribution in [0.1, 0.15) is 30.1 Å². The molecule has 146 valence electrons. The summed E-state index contributed by atoms with van der Waals surface area (Å²) in [6.45, 7) is 2.69. The van der Waals surface area contributed by atoms with Gasteiger partial charge in [-0.25, -0.2) is 0 Å². The number of ether oxygens (including phenoxy) is 1. The van der Waals surface area contributed by atoms with Crippen LogP contribution in [0.2, 0.25) is 0 Å². The summed E-state index contributed by atoms with van der Waals surface area (Å²) in [5.74, 6) is 2.14. The lowest BCUT2D eigenvalue weighted by molar-refractivity contribution is -0.122. The zero-order valence-corrected chi connectivity index (χ0v) is 16.0. The number of hydrogen-bond acceptors (Lipinski definition) is 5. The highest BCUT2D eigenvalue weighted by Crippen LogP contribution is 2.25. The Morgan fingerprint density at radius 2 is 2.07 bits per heavy atom. The molecule has 3 aromatic rings. The first-order valence-corrected chi connectivity index (χ1v) is 9.64. The third-order valence-electron chi connectivity index (χ3n) is 5.23.